The first-order valence-corrected chi connectivity index (χ1v) is 7.50. The summed E-state index contributed by atoms with van der Waals surface area (Å²) in [6, 6.07) is 12.0. The summed E-state index contributed by atoms with van der Waals surface area (Å²) < 4.78 is 0. The minimum Gasteiger partial charge on any atom is -0.508 e. The molecule has 4 heteroatoms. The van der Waals surface area contributed by atoms with E-state index in [1.54, 1.807) is 12.4 Å². The molecule has 4 rings (SSSR count). The van der Waals surface area contributed by atoms with E-state index in [9.17, 15) is 5.11 Å². The molecule has 0 saturated heterocycles. The lowest BCUT2D eigenvalue weighted by Crippen LogP contribution is -2.09. The predicted molar refractivity (Wildman–Crippen MR) is 87.1 cm³/mol. The number of fused-ring (bicyclic) bond motifs is 2. The van der Waals surface area contributed by atoms with Gasteiger partial charge in [-0.3, -0.25) is 0 Å². The third-order valence-electron chi connectivity index (χ3n) is 4.31. The number of phenolic OH excluding ortho intramolecular Hbond substituents is 1. The highest BCUT2D eigenvalue weighted by molar-refractivity contribution is 5.89. The normalized spacial score (nSPS) is 16.7. The van der Waals surface area contributed by atoms with E-state index in [1.165, 1.54) is 16.7 Å². The van der Waals surface area contributed by atoms with Crippen molar-refractivity contribution in [2.75, 3.05) is 5.32 Å². The van der Waals surface area contributed by atoms with Crippen LogP contribution in [0.15, 0.2) is 42.7 Å². The maximum atomic E-state index is 9.60. The topological polar surface area (TPSA) is 58.0 Å². The number of nitrogens with zero attached hydrogens (tertiary/aromatic N) is 2. The van der Waals surface area contributed by atoms with Crippen molar-refractivity contribution < 1.29 is 5.11 Å². The van der Waals surface area contributed by atoms with Crippen LogP contribution in [0.5, 0.6) is 5.75 Å². The molecular formula is C18H17N3O. The van der Waals surface area contributed by atoms with Gasteiger partial charge in [0.25, 0.3) is 0 Å². The Balaban J connectivity index is 1.72. The molecule has 4 nitrogen and oxygen atoms in total. The van der Waals surface area contributed by atoms with Gasteiger partial charge in [0.2, 0.25) is 0 Å². The van der Waals surface area contributed by atoms with Crippen LogP contribution in [-0.2, 0) is 6.42 Å². The number of anilines is 1. The van der Waals surface area contributed by atoms with E-state index in [0.717, 1.165) is 29.6 Å². The van der Waals surface area contributed by atoms with Gasteiger partial charge >= 0.3 is 0 Å². The van der Waals surface area contributed by atoms with E-state index in [0.29, 0.717) is 5.75 Å². The molecule has 2 aromatic carbocycles. The molecule has 1 aromatic heterocycles. The van der Waals surface area contributed by atoms with Crippen LogP contribution in [0.1, 0.15) is 29.2 Å². The molecule has 0 fully saturated rings. The van der Waals surface area contributed by atoms with Crippen molar-refractivity contribution in [3.05, 3.63) is 59.4 Å². The van der Waals surface area contributed by atoms with Crippen LogP contribution >= 0.6 is 0 Å². The van der Waals surface area contributed by atoms with Crippen LogP contribution in [0.4, 0.5) is 5.82 Å². The standard InChI is InChI=1S/C18H17N3O/c1-11-2-6-16-15(8-11)18(20-10-19-16)21-17-7-3-12-9-13(22)4-5-14(12)17/h2,4-6,8-10,17,22H,3,7H2,1H3,(H,19,20,21). The van der Waals surface area contributed by atoms with Crippen LogP contribution in [-0.4, -0.2) is 15.1 Å². The summed E-state index contributed by atoms with van der Waals surface area (Å²) in [6.07, 6.45) is 3.59. The van der Waals surface area contributed by atoms with Gasteiger partial charge in [0, 0.05) is 5.39 Å². The monoisotopic (exact) mass is 291 g/mol. The van der Waals surface area contributed by atoms with Crippen molar-refractivity contribution in [3.8, 4) is 5.75 Å². The molecule has 110 valence electrons. The van der Waals surface area contributed by atoms with Gasteiger partial charge in [-0.15, -0.1) is 0 Å². The summed E-state index contributed by atoms with van der Waals surface area (Å²) in [5, 5.41) is 14.2. The first-order chi connectivity index (χ1) is 10.7. The molecule has 1 aliphatic carbocycles. The molecule has 3 aromatic rings. The zero-order valence-corrected chi connectivity index (χ0v) is 12.4. The number of aromatic nitrogens is 2. The largest absolute Gasteiger partial charge is 0.508 e. The Hall–Kier alpha value is -2.62. The second-order valence-electron chi connectivity index (χ2n) is 5.86. The third-order valence-corrected chi connectivity index (χ3v) is 4.31. The summed E-state index contributed by atoms with van der Waals surface area (Å²) in [6.45, 7) is 2.07. The van der Waals surface area contributed by atoms with Gasteiger partial charge in [-0.1, -0.05) is 17.7 Å². The lowest BCUT2D eigenvalue weighted by atomic mass is 10.1. The van der Waals surface area contributed by atoms with E-state index < -0.39 is 0 Å². The Kier molecular flexibility index (Phi) is 2.96. The number of hydrogen-bond acceptors (Lipinski definition) is 4. The fourth-order valence-electron chi connectivity index (χ4n) is 3.20. The molecule has 1 heterocycles. The maximum absolute atomic E-state index is 9.60. The molecule has 0 spiro atoms. The number of phenols is 1. The lowest BCUT2D eigenvalue weighted by Gasteiger charge is -2.16. The first-order valence-electron chi connectivity index (χ1n) is 7.50. The fourth-order valence-corrected chi connectivity index (χ4v) is 3.20. The average molecular weight is 291 g/mol. The van der Waals surface area contributed by atoms with Crippen molar-refractivity contribution in [2.45, 2.75) is 25.8 Å². The van der Waals surface area contributed by atoms with Gasteiger partial charge < -0.3 is 10.4 Å². The molecule has 0 radical (unpaired) electrons. The Bertz CT molecular complexity index is 860. The van der Waals surface area contributed by atoms with E-state index in [-0.39, 0.29) is 6.04 Å². The van der Waals surface area contributed by atoms with Gasteiger partial charge in [-0.25, -0.2) is 9.97 Å². The number of aryl methyl sites for hydroxylation is 2. The van der Waals surface area contributed by atoms with Gasteiger partial charge in [0.05, 0.1) is 11.6 Å². The van der Waals surface area contributed by atoms with E-state index in [1.807, 2.05) is 18.2 Å². The smallest absolute Gasteiger partial charge is 0.137 e. The van der Waals surface area contributed by atoms with Crippen molar-refractivity contribution in [3.63, 3.8) is 0 Å². The Morgan fingerprint density at radius 3 is 2.95 bits per heavy atom. The lowest BCUT2D eigenvalue weighted by molar-refractivity contribution is 0.474. The molecule has 0 bridgehead atoms. The zero-order chi connectivity index (χ0) is 15.1. The van der Waals surface area contributed by atoms with E-state index in [4.69, 9.17) is 0 Å². The highest BCUT2D eigenvalue weighted by Crippen LogP contribution is 2.36. The number of hydrogen-bond donors (Lipinski definition) is 2. The molecule has 0 amide bonds. The summed E-state index contributed by atoms with van der Waals surface area (Å²) >= 11 is 0. The number of aromatic hydroxyl groups is 1. The summed E-state index contributed by atoms with van der Waals surface area (Å²) in [7, 11) is 0. The average Bonchev–Trinajstić information content (AvgIpc) is 2.90. The molecule has 0 saturated carbocycles. The van der Waals surface area contributed by atoms with Gasteiger partial charge in [-0.05, 0) is 55.2 Å². The van der Waals surface area contributed by atoms with Gasteiger partial charge in [0.1, 0.15) is 17.9 Å². The molecule has 1 unspecified atom stereocenters. The SMILES string of the molecule is Cc1ccc2ncnc(NC3CCc4cc(O)ccc43)c2c1. The van der Waals surface area contributed by atoms with Crippen LogP contribution in [0.3, 0.4) is 0 Å². The molecule has 22 heavy (non-hydrogen) atoms. The van der Waals surface area contributed by atoms with Crippen LogP contribution in [0.2, 0.25) is 0 Å². The molecule has 1 atom stereocenters. The van der Waals surface area contributed by atoms with Gasteiger partial charge in [-0.2, -0.15) is 0 Å². The Morgan fingerprint density at radius 1 is 1.14 bits per heavy atom. The highest BCUT2D eigenvalue weighted by atomic mass is 16.3. The van der Waals surface area contributed by atoms with Crippen LogP contribution in [0, 0.1) is 6.92 Å². The molecule has 0 aliphatic heterocycles. The minimum atomic E-state index is 0.231. The first kappa shape index (κ1) is 13.1. The van der Waals surface area contributed by atoms with Crippen LogP contribution < -0.4 is 5.32 Å². The highest BCUT2D eigenvalue weighted by Gasteiger charge is 2.23. The van der Waals surface area contributed by atoms with E-state index >= 15 is 0 Å². The van der Waals surface area contributed by atoms with Crippen molar-refractivity contribution >= 4 is 16.7 Å². The van der Waals surface area contributed by atoms with Crippen molar-refractivity contribution in [1.82, 2.24) is 9.97 Å². The Labute approximate surface area is 128 Å². The minimum absolute atomic E-state index is 0.231. The fraction of sp³-hybridized carbons (Fsp3) is 0.222. The summed E-state index contributed by atoms with van der Waals surface area (Å²) in [5.41, 5.74) is 4.61. The second kappa shape index (κ2) is 4.98. The molecule has 1 aliphatic rings. The number of rotatable bonds is 2. The van der Waals surface area contributed by atoms with Crippen LogP contribution in [0.25, 0.3) is 10.9 Å². The number of benzene rings is 2. The summed E-state index contributed by atoms with van der Waals surface area (Å²) in [5.74, 6) is 1.21. The van der Waals surface area contributed by atoms with Gasteiger partial charge in [0.15, 0.2) is 0 Å². The van der Waals surface area contributed by atoms with E-state index in [2.05, 4.69) is 34.3 Å². The zero-order valence-electron chi connectivity index (χ0n) is 12.4. The quantitative estimate of drug-likeness (QED) is 0.755. The molecular weight excluding hydrogens is 274 g/mol. The maximum Gasteiger partial charge on any atom is 0.137 e. The van der Waals surface area contributed by atoms with Crippen molar-refractivity contribution in [1.29, 1.82) is 0 Å². The predicted octanol–water partition coefficient (Wildman–Crippen LogP) is 3.74. The third kappa shape index (κ3) is 2.17. The second-order valence-corrected chi connectivity index (χ2v) is 5.86. The Morgan fingerprint density at radius 2 is 2.05 bits per heavy atom. The number of nitrogens with one attached hydrogen (secondary N) is 1. The van der Waals surface area contributed by atoms with Crippen molar-refractivity contribution in [2.24, 2.45) is 0 Å². The molecule has 2 N–H and O–H groups in total. The summed E-state index contributed by atoms with van der Waals surface area (Å²) in [4.78, 5) is 8.76.